The van der Waals surface area contributed by atoms with Crippen LogP contribution < -0.4 is 10.1 Å². The third-order valence-electron chi connectivity index (χ3n) is 3.23. The highest BCUT2D eigenvalue weighted by molar-refractivity contribution is 5.57. The molecule has 20 heavy (non-hydrogen) atoms. The maximum Gasteiger partial charge on any atom is 0.180 e. The molecule has 2 heterocycles. The van der Waals surface area contributed by atoms with E-state index in [1.165, 1.54) is 0 Å². The van der Waals surface area contributed by atoms with Gasteiger partial charge in [-0.25, -0.2) is 9.97 Å². The van der Waals surface area contributed by atoms with Gasteiger partial charge >= 0.3 is 0 Å². The molecule has 1 atom stereocenters. The van der Waals surface area contributed by atoms with Gasteiger partial charge in [0.15, 0.2) is 17.4 Å². The van der Waals surface area contributed by atoms with E-state index >= 15 is 0 Å². The number of nitrogens with zero attached hydrogens (tertiary/aromatic N) is 3. The lowest BCUT2D eigenvalue weighted by Gasteiger charge is -2.19. The fourth-order valence-electron chi connectivity index (χ4n) is 1.62. The minimum Gasteiger partial charge on any atom is -0.491 e. The van der Waals surface area contributed by atoms with Crippen LogP contribution in [0.4, 0.5) is 5.82 Å². The number of anilines is 1. The summed E-state index contributed by atoms with van der Waals surface area (Å²) in [5.41, 5.74) is 0.746. The van der Waals surface area contributed by atoms with Crippen molar-refractivity contribution in [2.45, 2.75) is 26.8 Å². The highest BCUT2D eigenvalue weighted by atomic mass is 16.5. The molecule has 1 N–H and O–H groups in total. The van der Waals surface area contributed by atoms with Gasteiger partial charge in [0.25, 0.3) is 0 Å². The van der Waals surface area contributed by atoms with Gasteiger partial charge in [-0.2, -0.15) is 0 Å². The lowest BCUT2D eigenvalue weighted by molar-refractivity contribution is 0.411. The molecule has 0 bridgehead atoms. The molecule has 5 heteroatoms. The second-order valence-corrected chi connectivity index (χ2v) is 5.00. The Morgan fingerprint density at radius 2 is 1.95 bits per heavy atom. The number of rotatable bonds is 5. The Balaban J connectivity index is 2.34. The van der Waals surface area contributed by atoms with Gasteiger partial charge in [0, 0.05) is 12.2 Å². The normalized spacial score (nSPS) is 12.2. The van der Waals surface area contributed by atoms with Crippen LogP contribution in [0.2, 0.25) is 0 Å². The smallest absolute Gasteiger partial charge is 0.180 e. The topological polar surface area (TPSA) is 59.9 Å². The molecule has 2 rings (SSSR count). The number of hydrogen-bond acceptors (Lipinski definition) is 5. The monoisotopic (exact) mass is 272 g/mol. The zero-order chi connectivity index (χ0) is 14.5. The van der Waals surface area contributed by atoms with Gasteiger partial charge < -0.3 is 10.1 Å². The first-order chi connectivity index (χ1) is 9.61. The van der Waals surface area contributed by atoms with Crippen molar-refractivity contribution in [1.82, 2.24) is 15.0 Å². The van der Waals surface area contributed by atoms with Gasteiger partial charge in [-0.15, -0.1) is 0 Å². The minimum absolute atomic E-state index is 0.287. The molecule has 0 unspecified atom stereocenters. The molecular formula is C15H20N4O. The predicted octanol–water partition coefficient (Wildman–Crippen LogP) is 3.00. The molecule has 0 aliphatic rings. The Morgan fingerprint density at radius 3 is 2.55 bits per heavy atom. The van der Waals surface area contributed by atoms with E-state index in [0.29, 0.717) is 23.3 Å². The van der Waals surface area contributed by atoms with Crippen LogP contribution >= 0.6 is 0 Å². The first-order valence-electron chi connectivity index (χ1n) is 6.70. The Hall–Kier alpha value is -2.17. The van der Waals surface area contributed by atoms with E-state index in [1.807, 2.05) is 18.2 Å². The fourth-order valence-corrected chi connectivity index (χ4v) is 1.62. The van der Waals surface area contributed by atoms with E-state index in [4.69, 9.17) is 4.74 Å². The summed E-state index contributed by atoms with van der Waals surface area (Å²) in [5, 5.41) is 3.37. The van der Waals surface area contributed by atoms with Crippen LogP contribution in [0.3, 0.4) is 0 Å². The number of aromatic nitrogens is 3. The van der Waals surface area contributed by atoms with E-state index in [0.717, 1.165) is 5.69 Å². The highest BCUT2D eigenvalue weighted by Gasteiger charge is 2.14. The first kappa shape index (κ1) is 14.2. The average Bonchev–Trinajstić information content (AvgIpc) is 2.48. The van der Waals surface area contributed by atoms with Gasteiger partial charge in [-0.05, 0) is 25.0 Å². The van der Waals surface area contributed by atoms with Crippen LogP contribution in [0.15, 0.2) is 30.6 Å². The number of hydrogen-bond donors (Lipinski definition) is 1. The van der Waals surface area contributed by atoms with Crippen molar-refractivity contribution in [2.24, 2.45) is 5.92 Å². The van der Waals surface area contributed by atoms with Crippen molar-refractivity contribution in [3.05, 3.63) is 30.6 Å². The van der Waals surface area contributed by atoms with Crippen molar-refractivity contribution in [1.29, 1.82) is 0 Å². The number of ether oxygens (including phenoxy) is 1. The first-order valence-corrected chi connectivity index (χ1v) is 6.70. The Morgan fingerprint density at radius 1 is 1.15 bits per heavy atom. The van der Waals surface area contributed by atoms with Crippen LogP contribution in [-0.4, -0.2) is 28.1 Å². The van der Waals surface area contributed by atoms with Crippen molar-refractivity contribution in [3.8, 4) is 17.3 Å². The Bertz CT molecular complexity index is 557. The van der Waals surface area contributed by atoms with E-state index < -0.39 is 0 Å². The van der Waals surface area contributed by atoms with Gasteiger partial charge in [0.1, 0.15) is 5.69 Å². The van der Waals surface area contributed by atoms with Crippen LogP contribution in [0, 0.1) is 5.92 Å². The summed E-state index contributed by atoms with van der Waals surface area (Å²) in [6.07, 6.45) is 3.40. The zero-order valence-corrected chi connectivity index (χ0v) is 12.3. The summed E-state index contributed by atoms with van der Waals surface area (Å²) in [6.45, 7) is 6.43. The van der Waals surface area contributed by atoms with E-state index in [2.05, 4.69) is 41.0 Å². The number of nitrogens with one attached hydrogen (secondary N) is 1. The van der Waals surface area contributed by atoms with Gasteiger partial charge in [0.05, 0.1) is 13.3 Å². The van der Waals surface area contributed by atoms with Crippen molar-refractivity contribution in [2.75, 3.05) is 12.4 Å². The predicted molar refractivity (Wildman–Crippen MR) is 79.7 cm³/mol. The van der Waals surface area contributed by atoms with Gasteiger partial charge in [0.2, 0.25) is 0 Å². The maximum atomic E-state index is 5.31. The third kappa shape index (κ3) is 3.23. The summed E-state index contributed by atoms with van der Waals surface area (Å²) in [4.78, 5) is 13.1. The summed E-state index contributed by atoms with van der Waals surface area (Å²) < 4.78 is 5.31. The molecule has 0 amide bonds. The Kier molecular flexibility index (Phi) is 4.50. The summed E-state index contributed by atoms with van der Waals surface area (Å²) in [5.74, 6) is 2.42. The molecular weight excluding hydrogens is 252 g/mol. The second-order valence-electron chi connectivity index (χ2n) is 5.00. The van der Waals surface area contributed by atoms with Crippen LogP contribution in [0.25, 0.3) is 11.5 Å². The molecule has 0 aliphatic heterocycles. The van der Waals surface area contributed by atoms with E-state index in [9.17, 15) is 0 Å². The maximum absolute atomic E-state index is 5.31. The Labute approximate surface area is 119 Å². The SMILES string of the molecule is COc1cnc(-c2ccccn2)nc1N[C@@H](C)C(C)C. The van der Waals surface area contributed by atoms with Crippen LogP contribution in [0.1, 0.15) is 20.8 Å². The lowest BCUT2D eigenvalue weighted by atomic mass is 10.1. The van der Waals surface area contributed by atoms with E-state index in [-0.39, 0.29) is 6.04 Å². The molecule has 0 fully saturated rings. The lowest BCUT2D eigenvalue weighted by Crippen LogP contribution is -2.22. The van der Waals surface area contributed by atoms with Gasteiger partial charge in [-0.3, -0.25) is 4.98 Å². The summed E-state index contributed by atoms with van der Waals surface area (Å²) >= 11 is 0. The summed E-state index contributed by atoms with van der Waals surface area (Å²) in [6, 6.07) is 5.96. The van der Waals surface area contributed by atoms with E-state index in [1.54, 1.807) is 19.5 Å². The zero-order valence-electron chi connectivity index (χ0n) is 12.3. The number of methoxy groups -OCH3 is 1. The molecule has 5 nitrogen and oxygen atoms in total. The van der Waals surface area contributed by atoms with Crippen molar-refractivity contribution < 1.29 is 4.74 Å². The molecule has 0 saturated carbocycles. The largest absolute Gasteiger partial charge is 0.491 e. The van der Waals surface area contributed by atoms with Crippen LogP contribution in [0.5, 0.6) is 5.75 Å². The molecule has 0 aromatic carbocycles. The molecule has 0 radical (unpaired) electrons. The standard InChI is InChI=1S/C15H20N4O/c1-10(2)11(3)18-15-13(20-4)9-17-14(19-15)12-7-5-6-8-16-12/h5-11H,1-4H3,(H,17,18,19)/t11-/m0/s1. The third-order valence-corrected chi connectivity index (χ3v) is 3.23. The quantitative estimate of drug-likeness (QED) is 0.906. The molecule has 0 spiro atoms. The molecule has 106 valence electrons. The molecule has 2 aromatic rings. The molecule has 0 aliphatic carbocycles. The van der Waals surface area contributed by atoms with Gasteiger partial charge in [-0.1, -0.05) is 19.9 Å². The second kappa shape index (κ2) is 6.32. The molecule has 2 aromatic heterocycles. The summed E-state index contributed by atoms with van der Waals surface area (Å²) in [7, 11) is 1.62. The molecule has 0 saturated heterocycles. The number of pyridine rings is 1. The average molecular weight is 272 g/mol. The fraction of sp³-hybridized carbons (Fsp3) is 0.400. The van der Waals surface area contributed by atoms with Crippen LogP contribution in [-0.2, 0) is 0 Å². The van der Waals surface area contributed by atoms with Crippen molar-refractivity contribution >= 4 is 5.82 Å². The minimum atomic E-state index is 0.287. The van der Waals surface area contributed by atoms with Crippen molar-refractivity contribution in [3.63, 3.8) is 0 Å². The highest BCUT2D eigenvalue weighted by Crippen LogP contribution is 2.25.